The molecule has 1 aliphatic rings. The van der Waals surface area contributed by atoms with Crippen LogP contribution in [0.5, 0.6) is 0 Å². The first-order valence-electron chi connectivity index (χ1n) is 8.75. The van der Waals surface area contributed by atoms with Gasteiger partial charge in [-0.3, -0.25) is 9.59 Å². The topological polar surface area (TPSA) is 82.0 Å². The molecule has 0 unspecified atom stereocenters. The largest absolute Gasteiger partial charge is 0.324 e. The zero-order valence-corrected chi connectivity index (χ0v) is 17.8. The van der Waals surface area contributed by atoms with Crippen molar-refractivity contribution >= 4 is 52.5 Å². The number of allylic oxidation sites excluding steroid dienone is 1. The van der Waals surface area contributed by atoms with Gasteiger partial charge in [-0.1, -0.05) is 64.8 Å². The summed E-state index contributed by atoms with van der Waals surface area (Å²) in [4.78, 5) is 24.5. The summed E-state index contributed by atoms with van der Waals surface area (Å²) < 4.78 is 0. The molecule has 1 atom stereocenters. The van der Waals surface area contributed by atoms with E-state index < -0.39 is 0 Å². The average Bonchev–Trinajstić information content (AvgIpc) is 2.68. The number of carbonyl (C=O) groups is 2. The lowest BCUT2D eigenvalue weighted by Gasteiger charge is -2.25. The molecular formula is C21H17Cl2N3O2S. The van der Waals surface area contributed by atoms with Crippen LogP contribution in [0.2, 0.25) is 10.0 Å². The van der Waals surface area contributed by atoms with Gasteiger partial charge in [0.05, 0.1) is 33.1 Å². The van der Waals surface area contributed by atoms with Crippen LogP contribution < -0.4 is 10.6 Å². The molecular weight excluding hydrogens is 429 g/mol. The van der Waals surface area contributed by atoms with E-state index in [2.05, 4.69) is 16.7 Å². The number of amides is 2. The predicted molar refractivity (Wildman–Crippen MR) is 117 cm³/mol. The van der Waals surface area contributed by atoms with Crippen molar-refractivity contribution in [1.29, 1.82) is 5.26 Å². The summed E-state index contributed by atoms with van der Waals surface area (Å²) in [6.45, 7) is 1.98. The molecule has 2 aromatic rings. The molecule has 1 heterocycles. The average molecular weight is 446 g/mol. The number of nitriles is 1. The van der Waals surface area contributed by atoms with Crippen LogP contribution in [0, 0.1) is 18.3 Å². The van der Waals surface area contributed by atoms with Gasteiger partial charge in [0.1, 0.15) is 0 Å². The summed E-state index contributed by atoms with van der Waals surface area (Å²) in [5, 5.41) is 16.3. The van der Waals surface area contributed by atoms with Gasteiger partial charge in [-0.2, -0.15) is 5.26 Å². The quantitative estimate of drug-likeness (QED) is 0.677. The van der Waals surface area contributed by atoms with Gasteiger partial charge in [-0.05, 0) is 30.7 Å². The molecule has 0 saturated carbocycles. The highest BCUT2D eigenvalue weighted by molar-refractivity contribution is 8.03. The SMILES string of the molecule is Cc1ccc([C@@H]2CC(=O)NC(SCC(=O)Nc3ccc(Cl)cc3Cl)=C2C#N)cc1. The maximum atomic E-state index is 12.3. The van der Waals surface area contributed by atoms with Crippen molar-refractivity contribution in [3.8, 4) is 6.07 Å². The minimum absolute atomic E-state index is 0.0143. The number of halogens is 2. The molecule has 0 saturated heterocycles. The highest BCUT2D eigenvalue weighted by atomic mass is 35.5. The van der Waals surface area contributed by atoms with Gasteiger partial charge in [0.2, 0.25) is 11.8 Å². The highest BCUT2D eigenvalue weighted by Crippen LogP contribution is 2.36. The smallest absolute Gasteiger partial charge is 0.234 e. The third kappa shape index (κ3) is 5.33. The van der Waals surface area contributed by atoms with E-state index in [4.69, 9.17) is 23.2 Å². The zero-order chi connectivity index (χ0) is 21.0. The Hall–Kier alpha value is -2.46. The van der Waals surface area contributed by atoms with Gasteiger partial charge in [0.15, 0.2) is 0 Å². The van der Waals surface area contributed by atoms with Crippen LogP contribution in [0.25, 0.3) is 0 Å². The van der Waals surface area contributed by atoms with Gasteiger partial charge in [0.25, 0.3) is 0 Å². The number of hydrogen-bond acceptors (Lipinski definition) is 4. The fourth-order valence-corrected chi connectivity index (χ4v) is 4.26. The van der Waals surface area contributed by atoms with E-state index in [9.17, 15) is 14.9 Å². The van der Waals surface area contributed by atoms with Gasteiger partial charge < -0.3 is 10.6 Å². The minimum atomic E-state index is -0.328. The first-order valence-corrected chi connectivity index (χ1v) is 10.5. The Bertz CT molecular complexity index is 1030. The van der Waals surface area contributed by atoms with E-state index in [0.29, 0.717) is 26.3 Å². The van der Waals surface area contributed by atoms with Crippen molar-refractivity contribution < 1.29 is 9.59 Å². The van der Waals surface area contributed by atoms with Crippen molar-refractivity contribution in [1.82, 2.24) is 5.32 Å². The van der Waals surface area contributed by atoms with Crippen molar-refractivity contribution in [2.75, 3.05) is 11.1 Å². The third-order valence-corrected chi connectivity index (χ3v) is 5.95. The Kier molecular flexibility index (Phi) is 6.86. The summed E-state index contributed by atoms with van der Waals surface area (Å²) in [6.07, 6.45) is 0.197. The zero-order valence-electron chi connectivity index (χ0n) is 15.5. The summed E-state index contributed by atoms with van der Waals surface area (Å²) in [5.74, 6) is -0.806. The summed E-state index contributed by atoms with van der Waals surface area (Å²) in [5.41, 5.74) is 2.90. The van der Waals surface area contributed by atoms with Gasteiger partial charge in [-0.15, -0.1) is 0 Å². The van der Waals surface area contributed by atoms with Crippen LogP contribution in [0.4, 0.5) is 5.69 Å². The number of anilines is 1. The van der Waals surface area contributed by atoms with E-state index in [-0.39, 0.29) is 29.9 Å². The number of hydrogen-bond donors (Lipinski definition) is 2. The lowest BCUT2D eigenvalue weighted by atomic mass is 9.87. The van der Waals surface area contributed by atoms with Gasteiger partial charge >= 0.3 is 0 Å². The fraction of sp³-hybridized carbons (Fsp3) is 0.190. The lowest BCUT2D eigenvalue weighted by Crippen LogP contribution is -2.31. The summed E-state index contributed by atoms with van der Waals surface area (Å²) in [7, 11) is 0. The molecule has 2 aromatic carbocycles. The first kappa shape index (κ1) is 21.3. The molecule has 29 heavy (non-hydrogen) atoms. The van der Waals surface area contributed by atoms with Crippen LogP contribution in [-0.2, 0) is 9.59 Å². The Labute approximate surface area is 183 Å². The molecule has 148 valence electrons. The Balaban J connectivity index is 1.75. The second-order valence-corrected chi connectivity index (χ2v) is 8.36. The molecule has 0 aromatic heterocycles. The molecule has 2 N–H and O–H groups in total. The number of thioether (sulfide) groups is 1. The lowest BCUT2D eigenvalue weighted by molar-refractivity contribution is -0.121. The first-order chi connectivity index (χ1) is 13.9. The Morgan fingerprint density at radius 2 is 2.00 bits per heavy atom. The number of nitrogens with zero attached hydrogens (tertiary/aromatic N) is 1. The minimum Gasteiger partial charge on any atom is -0.324 e. The van der Waals surface area contributed by atoms with Crippen LogP contribution >= 0.6 is 35.0 Å². The van der Waals surface area contributed by atoms with Crippen molar-refractivity contribution in [2.24, 2.45) is 0 Å². The van der Waals surface area contributed by atoms with Crippen LogP contribution in [-0.4, -0.2) is 17.6 Å². The molecule has 3 rings (SSSR count). The normalized spacial score (nSPS) is 16.2. The van der Waals surface area contributed by atoms with Crippen molar-refractivity contribution in [3.63, 3.8) is 0 Å². The molecule has 0 aliphatic carbocycles. The molecule has 0 fully saturated rings. The van der Waals surface area contributed by atoms with Gasteiger partial charge in [0, 0.05) is 17.4 Å². The highest BCUT2D eigenvalue weighted by Gasteiger charge is 2.29. The van der Waals surface area contributed by atoms with E-state index in [1.165, 1.54) is 6.07 Å². The number of benzene rings is 2. The van der Waals surface area contributed by atoms with Crippen LogP contribution in [0.15, 0.2) is 53.1 Å². The standard InChI is InChI=1S/C21H17Cl2N3O2S/c1-12-2-4-13(5-3-12)15-9-19(27)26-21(16(15)10-24)29-11-20(28)25-18-7-6-14(22)8-17(18)23/h2-8,15H,9,11H2,1H3,(H,25,28)(H,26,27)/t15-/m0/s1. The van der Waals surface area contributed by atoms with Gasteiger partial charge in [-0.25, -0.2) is 0 Å². The van der Waals surface area contributed by atoms with Crippen molar-refractivity contribution in [3.05, 3.63) is 74.2 Å². The maximum Gasteiger partial charge on any atom is 0.234 e. The third-order valence-electron chi connectivity index (χ3n) is 4.39. The second kappa shape index (κ2) is 9.36. The molecule has 8 heteroatoms. The number of carbonyl (C=O) groups excluding carboxylic acids is 2. The monoisotopic (exact) mass is 445 g/mol. The van der Waals surface area contributed by atoms with E-state index >= 15 is 0 Å². The predicted octanol–water partition coefficient (Wildman–Crippen LogP) is 5.01. The maximum absolute atomic E-state index is 12.3. The molecule has 2 amide bonds. The second-order valence-electron chi connectivity index (χ2n) is 6.53. The van der Waals surface area contributed by atoms with E-state index in [0.717, 1.165) is 22.9 Å². The fourth-order valence-electron chi connectivity index (χ4n) is 2.93. The van der Waals surface area contributed by atoms with Crippen molar-refractivity contribution in [2.45, 2.75) is 19.3 Å². The number of rotatable bonds is 5. The van der Waals surface area contributed by atoms with E-state index in [1.54, 1.807) is 12.1 Å². The number of nitrogens with one attached hydrogen (secondary N) is 2. The number of aryl methyl sites for hydroxylation is 1. The van der Waals surface area contributed by atoms with Crippen LogP contribution in [0.3, 0.4) is 0 Å². The molecule has 0 radical (unpaired) electrons. The summed E-state index contributed by atoms with van der Waals surface area (Å²) in [6, 6.07) is 14.7. The molecule has 5 nitrogen and oxygen atoms in total. The van der Waals surface area contributed by atoms with Crippen LogP contribution in [0.1, 0.15) is 23.5 Å². The Morgan fingerprint density at radius 1 is 1.28 bits per heavy atom. The molecule has 1 aliphatic heterocycles. The molecule has 0 bridgehead atoms. The molecule has 0 spiro atoms. The van der Waals surface area contributed by atoms with E-state index in [1.807, 2.05) is 31.2 Å². The Morgan fingerprint density at radius 3 is 2.66 bits per heavy atom. The summed E-state index contributed by atoms with van der Waals surface area (Å²) >= 11 is 13.0.